The lowest BCUT2D eigenvalue weighted by molar-refractivity contribution is -0.133. The van der Waals surface area contributed by atoms with Crippen molar-refractivity contribution < 1.29 is 9.59 Å². The monoisotopic (exact) mass is 443 g/mol. The fraction of sp³-hybridized carbons (Fsp3) is 0.429. The first-order valence-electron chi connectivity index (χ1n) is 12.2. The predicted molar refractivity (Wildman–Crippen MR) is 131 cm³/mol. The summed E-state index contributed by atoms with van der Waals surface area (Å²) >= 11 is 0. The number of carbonyl (C=O) groups is 2. The van der Waals surface area contributed by atoms with Crippen LogP contribution in [0.4, 0.5) is 0 Å². The fourth-order valence-corrected chi connectivity index (χ4v) is 5.54. The standard InChI is InChI=1S/C28H33N3O2/c1-20(21-11-5-3-6-12-21)18-31-26(32)25-17-22-13-9-10-16-24(22)30(25)19-28(31,2)27(33)29-23-14-7-4-8-15-23/h3,5-6,9-13,16-17,20,23H,4,7-8,14-15,18-19H2,1-2H3,(H,29,33). The van der Waals surface area contributed by atoms with Crippen LogP contribution in [0, 0.1) is 0 Å². The number of para-hydroxylation sites is 1. The lowest BCUT2D eigenvalue weighted by atomic mass is 9.89. The Labute approximate surface area is 195 Å². The summed E-state index contributed by atoms with van der Waals surface area (Å²) in [6, 6.07) is 20.5. The van der Waals surface area contributed by atoms with Crippen molar-refractivity contribution >= 4 is 22.7 Å². The van der Waals surface area contributed by atoms with E-state index in [1.165, 1.54) is 12.0 Å². The summed E-state index contributed by atoms with van der Waals surface area (Å²) in [7, 11) is 0. The summed E-state index contributed by atoms with van der Waals surface area (Å²) in [6.45, 7) is 5.03. The van der Waals surface area contributed by atoms with Gasteiger partial charge >= 0.3 is 0 Å². The predicted octanol–water partition coefficient (Wildman–Crippen LogP) is 5.11. The first-order valence-corrected chi connectivity index (χ1v) is 12.2. The zero-order chi connectivity index (χ0) is 23.0. The van der Waals surface area contributed by atoms with Gasteiger partial charge in [0.15, 0.2) is 0 Å². The first-order chi connectivity index (χ1) is 16.0. The molecule has 5 heteroatoms. The van der Waals surface area contributed by atoms with Gasteiger partial charge < -0.3 is 14.8 Å². The van der Waals surface area contributed by atoms with Crippen LogP contribution in [-0.4, -0.2) is 39.4 Å². The molecule has 0 radical (unpaired) electrons. The molecule has 5 rings (SSSR count). The highest BCUT2D eigenvalue weighted by atomic mass is 16.2. The highest BCUT2D eigenvalue weighted by Crippen LogP contribution is 2.34. The average molecular weight is 444 g/mol. The molecule has 1 aromatic heterocycles. The van der Waals surface area contributed by atoms with Crippen LogP contribution in [0.1, 0.15) is 67.9 Å². The Morgan fingerprint density at radius 3 is 2.52 bits per heavy atom. The van der Waals surface area contributed by atoms with Gasteiger partial charge in [-0.15, -0.1) is 0 Å². The van der Waals surface area contributed by atoms with Crippen LogP contribution in [0.25, 0.3) is 10.9 Å². The topological polar surface area (TPSA) is 54.3 Å². The molecule has 2 unspecified atom stereocenters. The number of nitrogens with zero attached hydrogens (tertiary/aromatic N) is 2. The van der Waals surface area contributed by atoms with E-state index in [0.29, 0.717) is 18.8 Å². The molecule has 1 fully saturated rings. The molecule has 0 spiro atoms. The summed E-state index contributed by atoms with van der Waals surface area (Å²) in [5.74, 6) is 0.0147. The summed E-state index contributed by atoms with van der Waals surface area (Å²) in [6.07, 6.45) is 5.59. The molecular formula is C28H33N3O2. The van der Waals surface area contributed by atoms with Crippen LogP contribution in [-0.2, 0) is 11.3 Å². The van der Waals surface area contributed by atoms with Gasteiger partial charge in [-0.25, -0.2) is 0 Å². The molecule has 2 aromatic carbocycles. The van der Waals surface area contributed by atoms with Gasteiger partial charge in [-0.05, 0) is 43.4 Å². The van der Waals surface area contributed by atoms with Crippen molar-refractivity contribution in [2.24, 2.45) is 0 Å². The SMILES string of the molecule is CC(CN1C(=O)c2cc3ccccc3n2CC1(C)C(=O)NC1CCCCC1)c1ccccc1. The summed E-state index contributed by atoms with van der Waals surface area (Å²) in [5.41, 5.74) is 1.89. The van der Waals surface area contributed by atoms with E-state index in [-0.39, 0.29) is 23.8 Å². The van der Waals surface area contributed by atoms with Crippen molar-refractivity contribution in [3.8, 4) is 0 Å². The first kappa shape index (κ1) is 21.7. The van der Waals surface area contributed by atoms with E-state index >= 15 is 0 Å². The molecule has 1 aliphatic heterocycles. The number of hydrogen-bond donors (Lipinski definition) is 1. The number of fused-ring (bicyclic) bond motifs is 3. The quantitative estimate of drug-likeness (QED) is 0.596. The zero-order valence-corrected chi connectivity index (χ0v) is 19.6. The van der Waals surface area contributed by atoms with Gasteiger partial charge in [0, 0.05) is 23.5 Å². The molecule has 172 valence electrons. The molecule has 1 N–H and O–H groups in total. The van der Waals surface area contributed by atoms with Crippen molar-refractivity contribution in [3.05, 3.63) is 71.9 Å². The van der Waals surface area contributed by atoms with E-state index in [1.54, 1.807) is 0 Å². The van der Waals surface area contributed by atoms with Gasteiger partial charge in [-0.3, -0.25) is 9.59 Å². The normalized spacial score (nSPS) is 22.2. The summed E-state index contributed by atoms with van der Waals surface area (Å²) in [5, 5.41) is 4.35. The van der Waals surface area contributed by atoms with Gasteiger partial charge in [0.2, 0.25) is 5.91 Å². The molecule has 2 amide bonds. The molecule has 2 heterocycles. The Morgan fingerprint density at radius 2 is 1.76 bits per heavy atom. The molecule has 1 aliphatic carbocycles. The third kappa shape index (κ3) is 3.94. The minimum absolute atomic E-state index is 0.0357. The molecule has 33 heavy (non-hydrogen) atoms. The van der Waals surface area contributed by atoms with Crippen molar-refractivity contribution in [1.82, 2.24) is 14.8 Å². The van der Waals surface area contributed by atoms with E-state index in [1.807, 2.05) is 64.9 Å². The summed E-state index contributed by atoms with van der Waals surface area (Å²) < 4.78 is 2.04. The van der Waals surface area contributed by atoms with Crippen LogP contribution in [0.2, 0.25) is 0 Å². The number of hydrogen-bond acceptors (Lipinski definition) is 2. The van der Waals surface area contributed by atoms with Crippen LogP contribution in [0.5, 0.6) is 0 Å². The van der Waals surface area contributed by atoms with Crippen LogP contribution < -0.4 is 5.32 Å². The third-order valence-electron chi connectivity index (χ3n) is 7.59. The molecule has 3 aromatic rings. The maximum absolute atomic E-state index is 13.9. The van der Waals surface area contributed by atoms with E-state index in [2.05, 4.69) is 24.4 Å². The van der Waals surface area contributed by atoms with Crippen molar-refractivity contribution in [2.75, 3.05) is 6.54 Å². The van der Waals surface area contributed by atoms with E-state index < -0.39 is 5.54 Å². The highest BCUT2D eigenvalue weighted by Gasteiger charge is 2.48. The van der Waals surface area contributed by atoms with Gasteiger partial charge in [0.1, 0.15) is 11.2 Å². The van der Waals surface area contributed by atoms with Gasteiger partial charge in [-0.1, -0.05) is 74.7 Å². The second-order valence-electron chi connectivity index (χ2n) is 9.98. The minimum atomic E-state index is -0.952. The van der Waals surface area contributed by atoms with E-state index in [4.69, 9.17) is 0 Å². The number of nitrogens with one attached hydrogen (secondary N) is 1. The largest absolute Gasteiger partial charge is 0.351 e. The lowest BCUT2D eigenvalue weighted by Gasteiger charge is -2.45. The highest BCUT2D eigenvalue weighted by molar-refractivity contribution is 6.03. The van der Waals surface area contributed by atoms with Gasteiger partial charge in [-0.2, -0.15) is 0 Å². The molecule has 1 saturated carbocycles. The Balaban J connectivity index is 1.52. The molecule has 0 bridgehead atoms. The van der Waals surface area contributed by atoms with Gasteiger partial charge in [0.25, 0.3) is 5.91 Å². The number of aromatic nitrogens is 1. The molecule has 2 atom stereocenters. The molecule has 5 nitrogen and oxygen atoms in total. The van der Waals surface area contributed by atoms with Crippen LogP contribution >= 0.6 is 0 Å². The Bertz CT molecular complexity index is 1160. The maximum Gasteiger partial charge on any atom is 0.271 e. The fourth-order valence-electron chi connectivity index (χ4n) is 5.54. The molecular weight excluding hydrogens is 410 g/mol. The number of carbonyl (C=O) groups excluding carboxylic acids is 2. The Kier molecular flexibility index (Phi) is 5.73. The Hall–Kier alpha value is -3.08. The second-order valence-corrected chi connectivity index (χ2v) is 9.98. The Morgan fingerprint density at radius 1 is 1.06 bits per heavy atom. The smallest absolute Gasteiger partial charge is 0.271 e. The zero-order valence-electron chi connectivity index (χ0n) is 19.6. The third-order valence-corrected chi connectivity index (χ3v) is 7.59. The molecule has 2 aliphatic rings. The average Bonchev–Trinajstić information content (AvgIpc) is 3.21. The number of rotatable bonds is 5. The minimum Gasteiger partial charge on any atom is -0.351 e. The lowest BCUT2D eigenvalue weighted by Crippen LogP contribution is -2.65. The van der Waals surface area contributed by atoms with Crippen molar-refractivity contribution in [1.29, 1.82) is 0 Å². The van der Waals surface area contributed by atoms with Crippen molar-refractivity contribution in [2.45, 2.75) is 70.0 Å². The van der Waals surface area contributed by atoms with Crippen molar-refractivity contribution in [3.63, 3.8) is 0 Å². The van der Waals surface area contributed by atoms with E-state index in [0.717, 1.165) is 36.6 Å². The van der Waals surface area contributed by atoms with Crippen LogP contribution in [0.3, 0.4) is 0 Å². The second kappa shape index (κ2) is 8.69. The van der Waals surface area contributed by atoms with Gasteiger partial charge in [0.05, 0.1) is 6.54 Å². The van der Waals surface area contributed by atoms with Crippen LogP contribution in [0.15, 0.2) is 60.7 Å². The molecule has 0 saturated heterocycles. The maximum atomic E-state index is 13.9. The summed E-state index contributed by atoms with van der Waals surface area (Å²) in [4.78, 5) is 29.5. The van der Waals surface area contributed by atoms with E-state index in [9.17, 15) is 9.59 Å². The number of benzene rings is 2. The number of amides is 2.